The molecule has 0 spiro atoms. The number of nitrogens with zero attached hydrogens (tertiary/aromatic N) is 1. The highest BCUT2D eigenvalue weighted by atomic mass is 32.1. The number of rotatable bonds is 7. The number of carbonyl (C=O) groups is 1. The van der Waals surface area contributed by atoms with E-state index in [9.17, 15) is 4.79 Å². The van der Waals surface area contributed by atoms with Gasteiger partial charge in [-0.3, -0.25) is 4.79 Å². The van der Waals surface area contributed by atoms with Crippen molar-refractivity contribution in [3.05, 3.63) is 40.4 Å². The van der Waals surface area contributed by atoms with Gasteiger partial charge in [0.2, 0.25) is 5.91 Å². The van der Waals surface area contributed by atoms with Crippen molar-refractivity contribution < 1.29 is 9.53 Å². The fourth-order valence-corrected chi connectivity index (χ4v) is 3.54. The number of carbonyl (C=O) groups excluding carboxylic acids is 1. The third-order valence-corrected chi connectivity index (χ3v) is 5.30. The van der Waals surface area contributed by atoms with Crippen LogP contribution in [0, 0.1) is 13.8 Å². The predicted octanol–water partition coefficient (Wildman–Crippen LogP) is 2.97. The summed E-state index contributed by atoms with van der Waals surface area (Å²) in [5.74, 6) is -0.0653. The Morgan fingerprint density at radius 1 is 1.33 bits per heavy atom. The summed E-state index contributed by atoms with van der Waals surface area (Å²) in [6.07, 6.45) is 0.0166. The van der Waals surface area contributed by atoms with Crippen LogP contribution in [0.5, 0.6) is 0 Å². The Labute approximate surface area is 147 Å². The Morgan fingerprint density at radius 3 is 2.58 bits per heavy atom. The van der Waals surface area contributed by atoms with Crippen LogP contribution in [-0.4, -0.2) is 30.6 Å². The van der Waals surface area contributed by atoms with Gasteiger partial charge in [-0.2, -0.15) is 0 Å². The minimum absolute atomic E-state index is 0.0653. The van der Waals surface area contributed by atoms with Crippen molar-refractivity contribution in [1.29, 1.82) is 0 Å². The molecule has 0 bridgehead atoms. The van der Waals surface area contributed by atoms with Crippen LogP contribution in [0.1, 0.15) is 35.5 Å². The molecule has 0 aliphatic carbocycles. The van der Waals surface area contributed by atoms with Crippen molar-refractivity contribution in [1.82, 2.24) is 10.3 Å². The van der Waals surface area contributed by atoms with E-state index >= 15 is 0 Å². The van der Waals surface area contributed by atoms with Gasteiger partial charge in [-0.15, -0.1) is 11.3 Å². The van der Waals surface area contributed by atoms with Gasteiger partial charge in [0.1, 0.15) is 5.01 Å². The van der Waals surface area contributed by atoms with Gasteiger partial charge < -0.3 is 15.8 Å². The second-order valence-electron chi connectivity index (χ2n) is 5.92. The van der Waals surface area contributed by atoms with E-state index in [0.717, 1.165) is 21.1 Å². The maximum Gasteiger partial charge on any atom is 0.223 e. The molecule has 0 saturated heterocycles. The summed E-state index contributed by atoms with van der Waals surface area (Å²) in [6, 6.07) is 8.21. The Kier molecular flexibility index (Phi) is 6.48. The van der Waals surface area contributed by atoms with Gasteiger partial charge >= 0.3 is 0 Å². The molecular formula is C18H25N3O2S. The second-order valence-corrected chi connectivity index (χ2v) is 6.95. The Balaban J connectivity index is 2.08. The quantitative estimate of drug-likeness (QED) is 0.807. The maximum absolute atomic E-state index is 12.1. The molecule has 2 atom stereocenters. The number of nitrogens with one attached hydrogen (secondary N) is 1. The zero-order valence-electron chi connectivity index (χ0n) is 14.6. The Morgan fingerprint density at radius 2 is 2.00 bits per heavy atom. The number of aryl methyl sites for hydroxylation is 2. The monoisotopic (exact) mass is 347 g/mol. The molecule has 0 saturated carbocycles. The topological polar surface area (TPSA) is 77.2 Å². The fraction of sp³-hybridized carbons (Fsp3) is 0.444. The lowest BCUT2D eigenvalue weighted by atomic mass is 10.1. The van der Waals surface area contributed by atoms with Crippen molar-refractivity contribution in [2.24, 2.45) is 5.73 Å². The Hall–Kier alpha value is -1.76. The molecule has 0 aliphatic rings. The first-order valence-electron chi connectivity index (χ1n) is 8.01. The van der Waals surface area contributed by atoms with Crippen LogP contribution < -0.4 is 11.1 Å². The molecule has 3 N–H and O–H groups in total. The van der Waals surface area contributed by atoms with Crippen molar-refractivity contribution in [2.45, 2.75) is 39.3 Å². The minimum atomic E-state index is -0.247. The van der Waals surface area contributed by atoms with Gasteiger partial charge in [0.05, 0.1) is 29.1 Å². The van der Waals surface area contributed by atoms with E-state index in [2.05, 4.69) is 41.5 Å². The molecule has 5 nitrogen and oxygen atoms in total. The molecule has 1 aromatic heterocycles. The van der Waals surface area contributed by atoms with Gasteiger partial charge in [-0.1, -0.05) is 29.8 Å². The SMILES string of the molecule is COC(CN)CC(=O)NC(C)c1sc(-c2ccc(C)cc2)nc1C. The van der Waals surface area contributed by atoms with E-state index in [1.807, 2.05) is 13.8 Å². The fourth-order valence-electron chi connectivity index (χ4n) is 2.47. The number of aromatic nitrogens is 1. The lowest BCUT2D eigenvalue weighted by molar-refractivity contribution is -0.124. The lowest BCUT2D eigenvalue weighted by Crippen LogP contribution is -2.33. The van der Waals surface area contributed by atoms with Crippen LogP contribution in [0.3, 0.4) is 0 Å². The van der Waals surface area contributed by atoms with Crippen molar-refractivity contribution in [3.8, 4) is 10.6 Å². The highest BCUT2D eigenvalue weighted by Gasteiger charge is 2.19. The number of methoxy groups -OCH3 is 1. The van der Waals surface area contributed by atoms with E-state index in [-0.39, 0.29) is 24.5 Å². The number of amides is 1. The van der Waals surface area contributed by atoms with Crippen molar-refractivity contribution in [2.75, 3.05) is 13.7 Å². The number of benzene rings is 1. The van der Waals surface area contributed by atoms with Crippen LogP contribution in [-0.2, 0) is 9.53 Å². The summed E-state index contributed by atoms with van der Waals surface area (Å²) >= 11 is 1.62. The minimum Gasteiger partial charge on any atom is -0.380 e. The average molecular weight is 347 g/mol. The van der Waals surface area contributed by atoms with E-state index in [0.29, 0.717) is 6.54 Å². The van der Waals surface area contributed by atoms with Crippen molar-refractivity contribution >= 4 is 17.2 Å². The number of hydrogen-bond donors (Lipinski definition) is 2. The van der Waals surface area contributed by atoms with E-state index < -0.39 is 0 Å². The van der Waals surface area contributed by atoms with Crippen LogP contribution in [0.25, 0.3) is 10.6 Å². The zero-order valence-corrected chi connectivity index (χ0v) is 15.4. The molecule has 2 rings (SSSR count). The first-order chi connectivity index (χ1) is 11.4. The summed E-state index contributed by atoms with van der Waals surface area (Å²) in [4.78, 5) is 17.8. The smallest absolute Gasteiger partial charge is 0.223 e. The van der Waals surface area contributed by atoms with Gasteiger partial charge in [-0.25, -0.2) is 4.98 Å². The van der Waals surface area contributed by atoms with E-state index in [4.69, 9.17) is 10.5 Å². The first-order valence-corrected chi connectivity index (χ1v) is 8.82. The van der Waals surface area contributed by atoms with E-state index in [1.54, 1.807) is 18.4 Å². The van der Waals surface area contributed by atoms with Gasteiger partial charge in [0.15, 0.2) is 0 Å². The largest absolute Gasteiger partial charge is 0.380 e. The van der Waals surface area contributed by atoms with Crippen molar-refractivity contribution in [3.63, 3.8) is 0 Å². The van der Waals surface area contributed by atoms with Gasteiger partial charge in [0, 0.05) is 19.2 Å². The molecule has 24 heavy (non-hydrogen) atoms. The molecule has 0 fully saturated rings. The van der Waals surface area contributed by atoms with Gasteiger partial charge in [-0.05, 0) is 20.8 Å². The maximum atomic E-state index is 12.1. The highest BCUT2D eigenvalue weighted by molar-refractivity contribution is 7.15. The average Bonchev–Trinajstić information content (AvgIpc) is 2.95. The van der Waals surface area contributed by atoms with Gasteiger partial charge in [0.25, 0.3) is 0 Å². The first kappa shape index (κ1) is 18.6. The lowest BCUT2D eigenvalue weighted by Gasteiger charge is -2.16. The standard InChI is InChI=1S/C18H25N3O2S/c1-11-5-7-14(8-6-11)18-21-13(3)17(24-18)12(2)20-16(22)9-15(10-19)23-4/h5-8,12,15H,9-10,19H2,1-4H3,(H,20,22). The highest BCUT2D eigenvalue weighted by Crippen LogP contribution is 2.31. The molecule has 0 aliphatic heterocycles. The molecular weight excluding hydrogens is 322 g/mol. The van der Waals surface area contributed by atoms with Crippen LogP contribution in [0.4, 0.5) is 0 Å². The molecule has 1 aromatic carbocycles. The normalized spacial score (nSPS) is 13.5. The van der Waals surface area contributed by atoms with Crippen LogP contribution in [0.2, 0.25) is 0 Å². The van der Waals surface area contributed by atoms with Crippen LogP contribution >= 0.6 is 11.3 Å². The number of hydrogen-bond acceptors (Lipinski definition) is 5. The Bertz CT molecular complexity index is 678. The third kappa shape index (κ3) is 4.63. The molecule has 1 amide bonds. The summed E-state index contributed by atoms with van der Waals surface area (Å²) in [7, 11) is 1.56. The molecule has 130 valence electrons. The molecule has 6 heteroatoms. The summed E-state index contributed by atoms with van der Waals surface area (Å²) in [5, 5.41) is 3.98. The summed E-state index contributed by atoms with van der Waals surface area (Å²) < 4.78 is 5.16. The zero-order chi connectivity index (χ0) is 17.7. The second kappa shape index (κ2) is 8.37. The molecule has 0 radical (unpaired) electrons. The number of ether oxygens (including phenoxy) is 1. The molecule has 1 heterocycles. The number of thiazole rings is 1. The summed E-state index contributed by atoms with van der Waals surface area (Å²) in [5.41, 5.74) is 8.83. The predicted molar refractivity (Wildman–Crippen MR) is 98.1 cm³/mol. The third-order valence-electron chi connectivity index (χ3n) is 3.91. The van der Waals surface area contributed by atoms with Crippen LogP contribution in [0.15, 0.2) is 24.3 Å². The molecule has 2 unspecified atom stereocenters. The summed E-state index contributed by atoms with van der Waals surface area (Å²) in [6.45, 7) is 6.34. The molecule has 2 aromatic rings. The van der Waals surface area contributed by atoms with E-state index in [1.165, 1.54) is 5.56 Å². The number of nitrogens with two attached hydrogens (primary N) is 1.